The Bertz CT molecular complexity index is 116. The molecule has 6 heteroatoms. The number of nitrogens with two attached hydrogens (primary N) is 1. The zero-order chi connectivity index (χ0) is 7.49. The largest absolute Gasteiger partial charge is 0.602 e. The molecule has 9 heavy (non-hydrogen) atoms. The second-order valence-electron chi connectivity index (χ2n) is 1.49. The molecule has 0 spiro atoms. The van der Waals surface area contributed by atoms with E-state index in [9.17, 15) is 10.0 Å². The summed E-state index contributed by atoms with van der Waals surface area (Å²) in [6.07, 6.45) is 0. The number of primary amides is 1. The summed E-state index contributed by atoms with van der Waals surface area (Å²) in [7, 11) is 0. The van der Waals surface area contributed by atoms with Gasteiger partial charge in [-0.25, -0.2) is 4.79 Å². The third-order valence-corrected chi connectivity index (χ3v) is 0.924. The maximum atomic E-state index is 10.4. The SMILES string of the molecule is [NH][N+]([O-])(CCCl)C(N)=O. The van der Waals surface area contributed by atoms with E-state index in [0.29, 0.717) is 0 Å². The number of amides is 2. The molecular weight excluding hydrogens is 146 g/mol. The van der Waals surface area contributed by atoms with Gasteiger partial charge in [-0.1, -0.05) is 0 Å². The molecule has 0 saturated heterocycles. The zero-order valence-electron chi connectivity index (χ0n) is 4.63. The Morgan fingerprint density at radius 3 is 2.44 bits per heavy atom. The second kappa shape index (κ2) is 2.98. The van der Waals surface area contributed by atoms with Crippen molar-refractivity contribution in [2.24, 2.45) is 5.73 Å². The molecule has 0 aliphatic heterocycles. The van der Waals surface area contributed by atoms with Crippen LogP contribution in [0.1, 0.15) is 0 Å². The molecule has 0 aromatic heterocycles. The van der Waals surface area contributed by atoms with E-state index >= 15 is 0 Å². The Labute approximate surface area is 57.3 Å². The fourth-order valence-electron chi connectivity index (χ4n) is 0.229. The maximum Gasteiger partial charge on any atom is 0.434 e. The standard InChI is InChI=1S/C3H7ClN3O2/c4-1-2-7(6,9)3(5)8/h6H,1-2H2,(H2,5,8). The number of carbonyl (C=O) groups excluding carboxylic acids is 1. The van der Waals surface area contributed by atoms with Gasteiger partial charge < -0.3 is 10.9 Å². The van der Waals surface area contributed by atoms with E-state index in [1.54, 1.807) is 0 Å². The fourth-order valence-corrected chi connectivity index (χ4v) is 0.467. The van der Waals surface area contributed by atoms with Crippen LogP contribution < -0.4 is 11.6 Å². The van der Waals surface area contributed by atoms with Crippen LogP contribution >= 0.6 is 11.6 Å². The van der Waals surface area contributed by atoms with E-state index in [-0.39, 0.29) is 12.4 Å². The van der Waals surface area contributed by atoms with Gasteiger partial charge in [0.15, 0.2) is 0 Å². The van der Waals surface area contributed by atoms with Crippen LogP contribution in [0.5, 0.6) is 0 Å². The molecular formula is C3H7ClN3O2. The molecule has 0 aliphatic rings. The highest BCUT2D eigenvalue weighted by Crippen LogP contribution is 1.95. The third kappa shape index (κ3) is 2.62. The molecule has 0 aromatic carbocycles. The Kier molecular flexibility index (Phi) is 2.86. The number of hydrogen-bond acceptors (Lipinski definition) is 2. The lowest BCUT2D eigenvalue weighted by molar-refractivity contribution is -0.818. The first kappa shape index (κ1) is 8.64. The minimum Gasteiger partial charge on any atom is -0.602 e. The number of urea groups is 1. The summed E-state index contributed by atoms with van der Waals surface area (Å²) < 4.78 is -1.84. The predicted octanol–water partition coefficient (Wildman–Crippen LogP) is -0.184. The first-order valence-corrected chi connectivity index (χ1v) is 2.74. The second-order valence-corrected chi connectivity index (χ2v) is 1.87. The van der Waals surface area contributed by atoms with Crippen molar-refractivity contribution in [3.05, 3.63) is 5.21 Å². The van der Waals surface area contributed by atoms with E-state index < -0.39 is 10.8 Å². The van der Waals surface area contributed by atoms with Crippen LogP contribution in [0.3, 0.4) is 0 Å². The summed E-state index contributed by atoms with van der Waals surface area (Å²) >= 11 is 5.09. The quantitative estimate of drug-likeness (QED) is 0.338. The van der Waals surface area contributed by atoms with E-state index in [4.69, 9.17) is 17.4 Å². The van der Waals surface area contributed by atoms with Crippen molar-refractivity contribution in [2.75, 3.05) is 12.4 Å². The Morgan fingerprint density at radius 1 is 1.89 bits per heavy atom. The fraction of sp³-hybridized carbons (Fsp3) is 0.667. The molecule has 0 saturated carbocycles. The normalized spacial score (nSPS) is 16.8. The lowest BCUT2D eigenvalue weighted by atomic mass is 10.7. The van der Waals surface area contributed by atoms with Gasteiger partial charge in [-0.15, -0.1) is 11.6 Å². The number of hydroxylamine groups is 2. The number of nitrogens with one attached hydrogen (secondary N) is 1. The lowest BCUT2D eigenvalue weighted by Crippen LogP contribution is -2.50. The summed E-state index contributed by atoms with van der Waals surface area (Å²) in [5.74, 6) is 6.56. The van der Waals surface area contributed by atoms with Crippen molar-refractivity contribution in [3.8, 4) is 0 Å². The van der Waals surface area contributed by atoms with Crippen LogP contribution in [0.15, 0.2) is 0 Å². The van der Waals surface area contributed by atoms with Gasteiger partial charge in [0.25, 0.3) is 0 Å². The van der Waals surface area contributed by atoms with Crippen LogP contribution in [-0.4, -0.2) is 23.2 Å². The van der Waals surface area contributed by atoms with Crippen molar-refractivity contribution < 1.29 is 9.55 Å². The number of halogens is 1. The lowest BCUT2D eigenvalue weighted by Gasteiger charge is -2.27. The van der Waals surface area contributed by atoms with Crippen LogP contribution in [0.4, 0.5) is 4.79 Å². The summed E-state index contributed by atoms with van der Waals surface area (Å²) in [6.45, 7) is -0.309. The van der Waals surface area contributed by atoms with Crippen LogP contribution in [0.25, 0.3) is 0 Å². The molecule has 3 N–H and O–H groups in total. The van der Waals surface area contributed by atoms with Gasteiger partial charge in [-0.2, -0.15) is 4.76 Å². The minimum absolute atomic E-state index is 0.0457. The summed E-state index contributed by atoms with van der Waals surface area (Å²) in [6, 6.07) is -1.24. The van der Waals surface area contributed by atoms with Gasteiger partial charge in [-0.05, 0) is 5.84 Å². The predicted molar refractivity (Wildman–Crippen MR) is 31.9 cm³/mol. The van der Waals surface area contributed by atoms with Gasteiger partial charge in [-0.3, -0.25) is 0 Å². The van der Waals surface area contributed by atoms with Gasteiger partial charge in [0.2, 0.25) is 0 Å². The van der Waals surface area contributed by atoms with Crippen LogP contribution in [0.2, 0.25) is 0 Å². The van der Waals surface area contributed by atoms with Crippen molar-refractivity contribution >= 4 is 17.6 Å². The van der Waals surface area contributed by atoms with E-state index in [2.05, 4.69) is 5.73 Å². The summed E-state index contributed by atoms with van der Waals surface area (Å²) in [5.41, 5.74) is 4.53. The van der Waals surface area contributed by atoms with Crippen LogP contribution in [0, 0.1) is 5.21 Å². The number of rotatable bonds is 2. The Balaban J connectivity index is 3.85. The molecule has 0 aliphatic carbocycles. The van der Waals surface area contributed by atoms with E-state index in [0.717, 1.165) is 0 Å². The molecule has 0 bridgehead atoms. The molecule has 0 rings (SSSR count). The Morgan fingerprint density at radius 2 is 2.33 bits per heavy atom. The molecule has 1 unspecified atom stereocenters. The van der Waals surface area contributed by atoms with Gasteiger partial charge in [0, 0.05) is 0 Å². The van der Waals surface area contributed by atoms with Crippen molar-refractivity contribution in [2.45, 2.75) is 0 Å². The molecule has 5 nitrogen and oxygen atoms in total. The van der Waals surface area contributed by atoms with Crippen molar-refractivity contribution in [1.82, 2.24) is 5.84 Å². The van der Waals surface area contributed by atoms with Gasteiger partial charge in [0.1, 0.15) is 6.54 Å². The van der Waals surface area contributed by atoms with Crippen molar-refractivity contribution in [3.63, 3.8) is 0 Å². The highest BCUT2D eigenvalue weighted by Gasteiger charge is 2.19. The highest BCUT2D eigenvalue weighted by molar-refractivity contribution is 6.18. The highest BCUT2D eigenvalue weighted by atomic mass is 35.5. The molecule has 2 amide bonds. The smallest absolute Gasteiger partial charge is 0.434 e. The van der Waals surface area contributed by atoms with E-state index in [1.165, 1.54) is 0 Å². The summed E-state index contributed by atoms with van der Waals surface area (Å²) in [4.78, 5) is 10.0. The molecule has 0 aromatic rings. The number of alkyl halides is 1. The zero-order valence-corrected chi connectivity index (χ0v) is 5.39. The van der Waals surface area contributed by atoms with Gasteiger partial charge in [0.05, 0.1) is 5.88 Å². The Hall–Kier alpha value is -0.360. The van der Waals surface area contributed by atoms with Crippen molar-refractivity contribution in [1.29, 1.82) is 0 Å². The first-order valence-electron chi connectivity index (χ1n) is 2.21. The average Bonchev–Trinajstić information content (AvgIpc) is 1.65. The van der Waals surface area contributed by atoms with E-state index in [1.807, 2.05) is 0 Å². The minimum atomic E-state index is -1.84. The summed E-state index contributed by atoms with van der Waals surface area (Å²) in [5, 5.41) is 10.4. The number of quaternary nitrogens is 1. The topological polar surface area (TPSA) is 89.9 Å². The first-order chi connectivity index (χ1) is 4.00. The molecule has 1 atom stereocenters. The molecule has 53 valence electrons. The number of carbonyl (C=O) groups is 1. The monoisotopic (exact) mass is 152 g/mol. The molecule has 1 radical (unpaired) electrons. The average molecular weight is 153 g/mol. The third-order valence-electron chi connectivity index (χ3n) is 0.755. The molecule has 0 heterocycles. The number of hydrogen-bond donors (Lipinski definition) is 1. The van der Waals surface area contributed by atoms with Gasteiger partial charge >= 0.3 is 6.03 Å². The maximum absolute atomic E-state index is 10.4. The number of nitrogens with zero attached hydrogens (tertiary/aromatic N) is 1. The van der Waals surface area contributed by atoms with Crippen LogP contribution in [-0.2, 0) is 0 Å². The molecule has 0 fully saturated rings.